The molecule has 0 amide bonds. The van der Waals surface area contributed by atoms with Gasteiger partial charge in [0.2, 0.25) is 0 Å². The van der Waals surface area contributed by atoms with Gasteiger partial charge in [-0.2, -0.15) is 5.26 Å². The smallest absolute Gasteiger partial charge is 0.267 e. The Bertz CT molecular complexity index is 1010. The summed E-state index contributed by atoms with van der Waals surface area (Å²) in [5, 5.41) is 9.69. The lowest BCUT2D eigenvalue weighted by Crippen LogP contribution is -2.29. The Balaban J connectivity index is 2.10. The van der Waals surface area contributed by atoms with Crippen LogP contribution in [-0.2, 0) is 0 Å². The molecule has 0 saturated heterocycles. The first-order valence-electron chi connectivity index (χ1n) is 7.97. The zero-order valence-electron chi connectivity index (χ0n) is 13.0. The van der Waals surface area contributed by atoms with E-state index in [1.807, 2.05) is 30.3 Å². The van der Waals surface area contributed by atoms with Crippen LogP contribution in [0.2, 0.25) is 0 Å². The molecule has 1 fully saturated rings. The maximum atomic E-state index is 13.2. The van der Waals surface area contributed by atoms with Gasteiger partial charge in [-0.1, -0.05) is 24.3 Å². The molecule has 0 aliphatic heterocycles. The Morgan fingerprint density at radius 3 is 2.58 bits per heavy atom. The van der Waals surface area contributed by atoms with Gasteiger partial charge in [0.25, 0.3) is 5.56 Å². The number of fused-ring (bicyclic) bond motifs is 1. The minimum Gasteiger partial charge on any atom is -0.321 e. The summed E-state index contributed by atoms with van der Waals surface area (Å²) in [5.74, 6) is 0.930. The molecule has 1 atom stereocenters. The van der Waals surface area contributed by atoms with Crippen molar-refractivity contribution in [3.63, 3.8) is 0 Å². The van der Waals surface area contributed by atoms with E-state index in [1.165, 1.54) is 0 Å². The molecule has 1 heterocycles. The molecule has 1 unspecified atom stereocenters. The summed E-state index contributed by atoms with van der Waals surface area (Å²) < 4.78 is 1.56. The van der Waals surface area contributed by atoms with Crippen LogP contribution in [0.3, 0.4) is 0 Å². The normalized spacial score (nSPS) is 15.2. The summed E-state index contributed by atoms with van der Waals surface area (Å²) in [6.07, 6.45) is 2.12. The number of nitrogens with two attached hydrogens (primary N) is 1. The Kier molecular flexibility index (Phi) is 3.40. The van der Waals surface area contributed by atoms with Gasteiger partial charge < -0.3 is 5.73 Å². The first kappa shape index (κ1) is 14.6. The van der Waals surface area contributed by atoms with Crippen molar-refractivity contribution in [2.75, 3.05) is 0 Å². The number of benzene rings is 2. The highest BCUT2D eigenvalue weighted by molar-refractivity contribution is 5.84. The van der Waals surface area contributed by atoms with E-state index in [9.17, 15) is 10.1 Å². The van der Waals surface area contributed by atoms with Crippen LogP contribution in [-0.4, -0.2) is 9.55 Å². The maximum absolute atomic E-state index is 13.2. The van der Waals surface area contributed by atoms with E-state index < -0.39 is 0 Å². The zero-order valence-corrected chi connectivity index (χ0v) is 13.0. The first-order valence-corrected chi connectivity index (χ1v) is 7.97. The van der Waals surface area contributed by atoms with Crippen LogP contribution in [0.1, 0.15) is 30.3 Å². The first-order chi connectivity index (χ1) is 11.7. The fourth-order valence-electron chi connectivity index (χ4n) is 3.06. The summed E-state index contributed by atoms with van der Waals surface area (Å²) in [6, 6.07) is 16.3. The second kappa shape index (κ2) is 5.59. The molecule has 118 valence electrons. The average molecular weight is 316 g/mol. The molecule has 24 heavy (non-hydrogen) atoms. The van der Waals surface area contributed by atoms with E-state index >= 15 is 0 Å². The van der Waals surface area contributed by atoms with Crippen molar-refractivity contribution >= 4 is 10.9 Å². The number of para-hydroxylation sites is 1. The van der Waals surface area contributed by atoms with Gasteiger partial charge >= 0.3 is 0 Å². The largest absolute Gasteiger partial charge is 0.321 e. The number of nitrogens with zero attached hydrogens (tertiary/aromatic N) is 3. The molecule has 3 aromatic rings. The molecule has 1 aromatic heterocycles. The van der Waals surface area contributed by atoms with Gasteiger partial charge in [0.1, 0.15) is 11.9 Å². The number of rotatable bonds is 3. The predicted molar refractivity (Wildman–Crippen MR) is 91.7 cm³/mol. The molecular weight excluding hydrogens is 300 g/mol. The summed E-state index contributed by atoms with van der Waals surface area (Å²) in [4.78, 5) is 17.9. The number of nitriles is 1. The van der Waals surface area contributed by atoms with E-state index in [-0.39, 0.29) is 11.6 Å². The topological polar surface area (TPSA) is 84.7 Å². The van der Waals surface area contributed by atoms with E-state index in [4.69, 9.17) is 5.73 Å². The van der Waals surface area contributed by atoms with Crippen molar-refractivity contribution in [2.24, 2.45) is 11.7 Å². The molecule has 0 bridgehead atoms. The van der Waals surface area contributed by atoms with Gasteiger partial charge in [-0.3, -0.25) is 9.36 Å². The van der Waals surface area contributed by atoms with Gasteiger partial charge in [-0.25, -0.2) is 4.98 Å². The number of hydrogen-bond acceptors (Lipinski definition) is 4. The quantitative estimate of drug-likeness (QED) is 0.805. The molecule has 2 aromatic carbocycles. The average Bonchev–Trinajstić information content (AvgIpc) is 3.46. The van der Waals surface area contributed by atoms with Crippen molar-refractivity contribution < 1.29 is 0 Å². The van der Waals surface area contributed by atoms with E-state index in [0.717, 1.165) is 18.5 Å². The third-order valence-electron chi connectivity index (χ3n) is 4.49. The molecule has 5 heteroatoms. The molecule has 2 N–H and O–H groups in total. The Labute approximate surface area is 139 Å². The van der Waals surface area contributed by atoms with Gasteiger partial charge in [0, 0.05) is 0 Å². The van der Waals surface area contributed by atoms with Crippen molar-refractivity contribution in [1.29, 1.82) is 5.26 Å². The predicted octanol–water partition coefficient (Wildman–Crippen LogP) is 2.67. The lowest BCUT2D eigenvalue weighted by Gasteiger charge is -2.18. The summed E-state index contributed by atoms with van der Waals surface area (Å²) in [6.45, 7) is 0. The van der Waals surface area contributed by atoms with Crippen LogP contribution in [0, 0.1) is 17.2 Å². The molecule has 1 aliphatic carbocycles. The van der Waals surface area contributed by atoms with Gasteiger partial charge in [-0.05, 0) is 43.0 Å². The molecule has 5 nitrogen and oxygen atoms in total. The number of aromatic nitrogens is 2. The lowest BCUT2D eigenvalue weighted by molar-refractivity contribution is 0.574. The summed E-state index contributed by atoms with van der Waals surface area (Å²) >= 11 is 0. The SMILES string of the molecule is N#Cc1cccc2nc(C(N)C3CC3)n(-c3ccccc3)c(=O)c12. The van der Waals surface area contributed by atoms with Crippen LogP contribution >= 0.6 is 0 Å². The fraction of sp³-hybridized carbons (Fsp3) is 0.211. The zero-order chi connectivity index (χ0) is 16.7. The highest BCUT2D eigenvalue weighted by atomic mass is 16.1. The third-order valence-corrected chi connectivity index (χ3v) is 4.49. The van der Waals surface area contributed by atoms with Crippen LogP contribution < -0.4 is 11.3 Å². The van der Waals surface area contributed by atoms with Gasteiger partial charge in [-0.15, -0.1) is 0 Å². The summed E-state index contributed by atoms with van der Waals surface area (Å²) in [5.41, 5.74) is 7.72. The molecular formula is C19H16N4O. The molecule has 4 rings (SSSR count). The van der Waals surface area contributed by atoms with Crippen LogP contribution in [0.25, 0.3) is 16.6 Å². The minimum atomic E-state index is -0.284. The summed E-state index contributed by atoms with van der Waals surface area (Å²) in [7, 11) is 0. The molecule has 1 aliphatic rings. The van der Waals surface area contributed by atoms with Crippen molar-refractivity contribution in [3.05, 3.63) is 70.3 Å². The monoisotopic (exact) mass is 316 g/mol. The fourth-order valence-corrected chi connectivity index (χ4v) is 3.06. The second-order valence-corrected chi connectivity index (χ2v) is 6.12. The van der Waals surface area contributed by atoms with Crippen molar-refractivity contribution in [2.45, 2.75) is 18.9 Å². The van der Waals surface area contributed by atoms with Gasteiger partial charge in [0.05, 0.1) is 28.2 Å². The highest BCUT2D eigenvalue weighted by Crippen LogP contribution is 2.39. The van der Waals surface area contributed by atoms with Crippen LogP contribution in [0.15, 0.2) is 53.3 Å². The third kappa shape index (κ3) is 2.29. The second-order valence-electron chi connectivity index (χ2n) is 6.12. The lowest BCUT2D eigenvalue weighted by atomic mass is 10.1. The van der Waals surface area contributed by atoms with Gasteiger partial charge in [0.15, 0.2) is 0 Å². The van der Waals surface area contributed by atoms with Crippen molar-refractivity contribution in [3.8, 4) is 11.8 Å². The highest BCUT2D eigenvalue weighted by Gasteiger charge is 2.33. The number of hydrogen-bond donors (Lipinski definition) is 1. The Hall–Kier alpha value is -2.97. The van der Waals surface area contributed by atoms with Crippen LogP contribution in [0.5, 0.6) is 0 Å². The Morgan fingerprint density at radius 2 is 1.92 bits per heavy atom. The van der Waals surface area contributed by atoms with E-state index in [1.54, 1.807) is 22.8 Å². The van der Waals surface area contributed by atoms with Crippen LogP contribution in [0.4, 0.5) is 0 Å². The molecule has 1 saturated carbocycles. The van der Waals surface area contributed by atoms with Crippen molar-refractivity contribution in [1.82, 2.24) is 9.55 Å². The maximum Gasteiger partial charge on any atom is 0.267 e. The van der Waals surface area contributed by atoms with E-state index in [2.05, 4.69) is 11.1 Å². The molecule has 0 spiro atoms. The Morgan fingerprint density at radius 1 is 1.17 bits per heavy atom. The van der Waals surface area contributed by atoms with E-state index in [0.29, 0.717) is 28.2 Å². The standard InChI is InChI=1S/C19H16N4O/c20-11-13-5-4-8-15-16(13)19(24)23(14-6-2-1-3-7-14)18(22-15)17(21)12-9-10-12/h1-8,12,17H,9-10,21H2. The molecule has 0 radical (unpaired) electrons. The minimum absolute atomic E-state index is 0.241.